The molecular weight excluding hydrogens is 248 g/mol. The number of sulfone groups is 1. The van der Waals surface area contributed by atoms with Crippen molar-refractivity contribution in [2.24, 2.45) is 5.73 Å². The lowest BCUT2D eigenvalue weighted by Gasteiger charge is -2.15. The third kappa shape index (κ3) is 3.31. The molecule has 1 aromatic rings. The summed E-state index contributed by atoms with van der Waals surface area (Å²) in [5.41, 5.74) is 6.44. The van der Waals surface area contributed by atoms with Crippen LogP contribution in [0, 0.1) is 0 Å². The van der Waals surface area contributed by atoms with Crippen LogP contribution in [0.25, 0.3) is 0 Å². The summed E-state index contributed by atoms with van der Waals surface area (Å²) in [4.78, 5) is 2.52. The summed E-state index contributed by atoms with van der Waals surface area (Å²) in [6, 6.07) is 7.44. The number of benzene rings is 1. The van der Waals surface area contributed by atoms with Crippen LogP contribution in [0.5, 0.6) is 0 Å². The number of nitrogens with two attached hydrogens (primary N) is 1. The maximum atomic E-state index is 12.1. The highest BCUT2D eigenvalue weighted by molar-refractivity contribution is 7.91. The van der Waals surface area contributed by atoms with Gasteiger partial charge in [0.05, 0.1) is 10.6 Å². The fourth-order valence-corrected chi connectivity index (χ4v) is 3.23. The third-order valence-electron chi connectivity index (χ3n) is 3.40. The molecule has 0 spiro atoms. The Hall–Kier alpha value is -0.910. The van der Waals surface area contributed by atoms with E-state index < -0.39 is 9.84 Å². The zero-order valence-electron chi connectivity index (χ0n) is 10.7. The molecule has 5 heteroatoms. The molecule has 1 aliphatic carbocycles. The van der Waals surface area contributed by atoms with Gasteiger partial charge >= 0.3 is 0 Å². The maximum Gasteiger partial charge on any atom is 0.179 e. The Morgan fingerprint density at radius 2 is 1.89 bits per heavy atom. The van der Waals surface area contributed by atoms with Gasteiger partial charge in [0.1, 0.15) is 0 Å². The van der Waals surface area contributed by atoms with Crippen molar-refractivity contribution in [1.82, 2.24) is 4.90 Å². The molecule has 1 saturated carbocycles. The van der Waals surface area contributed by atoms with Crippen LogP contribution >= 0.6 is 0 Å². The monoisotopic (exact) mass is 268 g/mol. The molecular formula is C13H20N2O2S. The molecule has 0 amide bonds. The van der Waals surface area contributed by atoms with E-state index in [1.54, 1.807) is 24.3 Å². The van der Waals surface area contributed by atoms with Crippen LogP contribution in [0.15, 0.2) is 29.2 Å². The molecule has 0 saturated heterocycles. The molecule has 1 aromatic carbocycles. The van der Waals surface area contributed by atoms with Crippen LogP contribution in [0.4, 0.5) is 0 Å². The van der Waals surface area contributed by atoms with Crippen LogP contribution in [-0.4, -0.2) is 38.7 Å². The van der Waals surface area contributed by atoms with E-state index in [0.717, 1.165) is 5.56 Å². The number of hydrogen-bond acceptors (Lipinski definition) is 4. The Kier molecular flexibility index (Phi) is 4.04. The van der Waals surface area contributed by atoms with Crippen LogP contribution in [0.1, 0.15) is 18.4 Å². The third-order valence-corrected chi connectivity index (χ3v) is 5.11. The quantitative estimate of drug-likeness (QED) is 0.836. The first-order valence-corrected chi connectivity index (χ1v) is 7.90. The molecule has 0 aliphatic heterocycles. The van der Waals surface area contributed by atoms with Gasteiger partial charge in [0.15, 0.2) is 9.84 Å². The minimum absolute atomic E-state index is 0.183. The highest BCUT2D eigenvalue weighted by Gasteiger charge is 2.27. The fourth-order valence-electron chi connectivity index (χ4n) is 1.91. The topological polar surface area (TPSA) is 63.4 Å². The predicted octanol–water partition coefficient (Wildman–Crippen LogP) is 1.01. The first kappa shape index (κ1) is 13.5. The van der Waals surface area contributed by atoms with Crippen molar-refractivity contribution in [2.45, 2.75) is 30.3 Å². The Morgan fingerprint density at radius 1 is 1.28 bits per heavy atom. The predicted molar refractivity (Wildman–Crippen MR) is 72.0 cm³/mol. The van der Waals surface area contributed by atoms with Gasteiger partial charge in [-0.1, -0.05) is 12.1 Å². The molecule has 0 heterocycles. The van der Waals surface area contributed by atoms with E-state index in [0.29, 0.717) is 24.0 Å². The highest BCUT2D eigenvalue weighted by atomic mass is 32.2. The summed E-state index contributed by atoms with van der Waals surface area (Å²) in [5.74, 6) is 0.183. The molecule has 0 aromatic heterocycles. The second-order valence-electron chi connectivity index (χ2n) is 4.88. The first-order chi connectivity index (χ1) is 8.53. The SMILES string of the molecule is CN(CCS(=O)(=O)c1ccc(CN)cc1)C1CC1. The van der Waals surface area contributed by atoms with Gasteiger partial charge in [0.2, 0.25) is 0 Å². The Bertz CT molecular complexity index is 492. The van der Waals surface area contributed by atoms with Crippen molar-refractivity contribution < 1.29 is 8.42 Å². The van der Waals surface area contributed by atoms with Crippen LogP contribution in [-0.2, 0) is 16.4 Å². The zero-order valence-corrected chi connectivity index (χ0v) is 11.5. The van der Waals surface area contributed by atoms with Crippen molar-refractivity contribution in [2.75, 3.05) is 19.3 Å². The number of hydrogen-bond donors (Lipinski definition) is 1. The van der Waals surface area contributed by atoms with Crippen LogP contribution in [0.3, 0.4) is 0 Å². The maximum absolute atomic E-state index is 12.1. The highest BCUT2D eigenvalue weighted by Crippen LogP contribution is 2.25. The summed E-state index contributed by atoms with van der Waals surface area (Å²) in [7, 11) is -1.18. The molecule has 0 unspecified atom stereocenters. The van der Waals surface area contributed by atoms with Crippen molar-refractivity contribution in [3.63, 3.8) is 0 Å². The first-order valence-electron chi connectivity index (χ1n) is 6.25. The molecule has 2 rings (SSSR count). The molecule has 1 aliphatic rings. The van der Waals surface area contributed by atoms with E-state index in [1.165, 1.54) is 12.8 Å². The average molecular weight is 268 g/mol. The summed E-state index contributed by atoms with van der Waals surface area (Å²) in [6.45, 7) is 1.04. The minimum atomic E-state index is -3.17. The van der Waals surface area contributed by atoms with Crippen molar-refractivity contribution in [1.29, 1.82) is 0 Å². The second kappa shape index (κ2) is 5.38. The van der Waals surface area contributed by atoms with Crippen LogP contribution in [0.2, 0.25) is 0 Å². The fraction of sp³-hybridized carbons (Fsp3) is 0.538. The molecule has 2 N–H and O–H groups in total. The van der Waals surface area contributed by atoms with E-state index in [-0.39, 0.29) is 5.75 Å². The molecule has 0 atom stereocenters. The molecule has 4 nitrogen and oxygen atoms in total. The van der Waals surface area contributed by atoms with Gasteiger partial charge in [-0.3, -0.25) is 0 Å². The molecule has 100 valence electrons. The average Bonchev–Trinajstić information content (AvgIpc) is 3.20. The Labute approximate surface area is 109 Å². The smallest absolute Gasteiger partial charge is 0.179 e. The molecule has 18 heavy (non-hydrogen) atoms. The number of rotatable bonds is 6. The minimum Gasteiger partial charge on any atom is -0.326 e. The molecule has 0 bridgehead atoms. The van der Waals surface area contributed by atoms with Gasteiger partial charge < -0.3 is 10.6 Å². The Balaban J connectivity index is 1.99. The molecule has 0 radical (unpaired) electrons. The van der Waals surface area contributed by atoms with Gasteiger partial charge in [-0.25, -0.2) is 8.42 Å². The van der Waals surface area contributed by atoms with Gasteiger partial charge in [0.25, 0.3) is 0 Å². The second-order valence-corrected chi connectivity index (χ2v) is 6.99. The Morgan fingerprint density at radius 3 is 2.39 bits per heavy atom. The summed E-state index contributed by atoms with van der Waals surface area (Å²) < 4.78 is 24.2. The van der Waals surface area contributed by atoms with Crippen molar-refractivity contribution >= 4 is 9.84 Å². The normalized spacial score (nSPS) is 16.2. The van der Waals surface area contributed by atoms with Gasteiger partial charge in [-0.2, -0.15) is 0 Å². The molecule has 1 fully saturated rings. The van der Waals surface area contributed by atoms with Gasteiger partial charge in [0, 0.05) is 19.1 Å². The number of nitrogens with zero attached hydrogens (tertiary/aromatic N) is 1. The lowest BCUT2D eigenvalue weighted by molar-refractivity contribution is 0.343. The summed E-state index contributed by atoms with van der Waals surface area (Å²) in [5, 5.41) is 0. The summed E-state index contributed by atoms with van der Waals surface area (Å²) >= 11 is 0. The zero-order chi connectivity index (χ0) is 13.2. The van der Waals surface area contributed by atoms with E-state index >= 15 is 0 Å². The van der Waals surface area contributed by atoms with Crippen molar-refractivity contribution in [3.8, 4) is 0 Å². The van der Waals surface area contributed by atoms with E-state index in [1.807, 2.05) is 7.05 Å². The van der Waals surface area contributed by atoms with E-state index in [4.69, 9.17) is 5.73 Å². The van der Waals surface area contributed by atoms with Crippen LogP contribution < -0.4 is 5.73 Å². The van der Waals surface area contributed by atoms with Gasteiger partial charge in [-0.05, 0) is 37.6 Å². The largest absolute Gasteiger partial charge is 0.326 e. The van der Waals surface area contributed by atoms with E-state index in [9.17, 15) is 8.42 Å². The lowest BCUT2D eigenvalue weighted by Crippen LogP contribution is -2.27. The lowest BCUT2D eigenvalue weighted by atomic mass is 10.2. The van der Waals surface area contributed by atoms with E-state index in [2.05, 4.69) is 4.90 Å². The van der Waals surface area contributed by atoms with Crippen molar-refractivity contribution in [3.05, 3.63) is 29.8 Å². The van der Waals surface area contributed by atoms with Gasteiger partial charge in [-0.15, -0.1) is 0 Å². The summed E-state index contributed by atoms with van der Waals surface area (Å²) in [6.07, 6.45) is 2.39. The standard InChI is InChI=1S/C13H20N2O2S/c1-15(12-4-5-12)8-9-18(16,17)13-6-2-11(10-14)3-7-13/h2-3,6-7,12H,4-5,8-10,14H2,1H3.